The van der Waals surface area contributed by atoms with Gasteiger partial charge in [-0.3, -0.25) is 76.7 Å². The molecule has 1 aliphatic rings. The van der Waals surface area contributed by atoms with E-state index in [0.717, 1.165) is 31.4 Å². The van der Waals surface area contributed by atoms with Crippen LogP contribution in [0, 0.1) is 11.8 Å². The Morgan fingerprint density at radius 1 is 0.477 bits per heavy atom. The maximum atomic E-state index is 15.4. The minimum atomic E-state index is -1.91. The van der Waals surface area contributed by atoms with Crippen molar-refractivity contribution in [1.29, 1.82) is 0 Å². The second kappa shape index (κ2) is 48.7. The van der Waals surface area contributed by atoms with Gasteiger partial charge < -0.3 is 98.8 Å². The summed E-state index contributed by atoms with van der Waals surface area (Å²) in [4.78, 5) is 241. The van der Waals surface area contributed by atoms with Crippen LogP contribution in [0.5, 0.6) is 11.5 Å². The number of likely N-dealkylation sites (N-methyl/N-ethyl adjacent to an activating group) is 4. The van der Waals surface area contributed by atoms with Gasteiger partial charge in [0.15, 0.2) is 0 Å². The van der Waals surface area contributed by atoms with Gasteiger partial charge in [-0.05, 0) is 88.4 Å². The predicted octanol–water partition coefficient (Wildman–Crippen LogP) is 1.98. The van der Waals surface area contributed by atoms with Crippen LogP contribution in [0.4, 0.5) is 0 Å². The molecule has 684 valence electrons. The molecule has 0 spiro atoms. The third-order valence-electron chi connectivity index (χ3n) is 21.7. The number of phenols is 2. The lowest BCUT2D eigenvalue weighted by Gasteiger charge is -2.36. The Morgan fingerprint density at radius 3 is 1.50 bits per heavy atom. The van der Waals surface area contributed by atoms with Gasteiger partial charge in [-0.15, -0.1) is 11.8 Å². The maximum Gasteiger partial charge on any atom is 0.305 e. The molecule has 11 atom stereocenters. The average Bonchev–Trinajstić information content (AvgIpc) is 1.05. The second-order valence-corrected chi connectivity index (χ2v) is 33.6. The fourth-order valence-corrected chi connectivity index (χ4v) is 15.6. The van der Waals surface area contributed by atoms with Crippen LogP contribution in [0.25, 0.3) is 10.9 Å². The van der Waals surface area contributed by atoms with Gasteiger partial charge in [0.2, 0.25) is 88.6 Å². The molecule has 15 amide bonds. The van der Waals surface area contributed by atoms with Gasteiger partial charge in [-0.25, -0.2) is 0 Å². The fourth-order valence-electron chi connectivity index (χ4n) is 14.7. The first-order chi connectivity index (χ1) is 61.0. The summed E-state index contributed by atoms with van der Waals surface area (Å²) >= 11 is 0.827. The van der Waals surface area contributed by atoms with Crippen molar-refractivity contribution in [3.63, 3.8) is 0 Å². The number of nitrogens with one attached hydrogen (secondary N) is 11. The monoisotopic (exact) mass is 1780 g/mol. The zero-order valence-corrected chi connectivity index (χ0v) is 73.9. The van der Waals surface area contributed by atoms with E-state index < -0.39 is 199 Å². The number of carboxylic acids is 1. The third-order valence-corrected chi connectivity index (χ3v) is 22.8. The van der Waals surface area contributed by atoms with Gasteiger partial charge in [0.1, 0.15) is 78.0 Å². The Kier molecular flexibility index (Phi) is 38.0. The first kappa shape index (κ1) is 99.8. The number of aromatic amines is 1. The zero-order chi connectivity index (χ0) is 93.4. The molecule has 36 heteroatoms. The van der Waals surface area contributed by atoms with Gasteiger partial charge in [0.05, 0.1) is 31.8 Å². The lowest BCUT2D eigenvalue weighted by Crippen LogP contribution is -2.61. The first-order valence-electron chi connectivity index (χ1n) is 42.3. The summed E-state index contributed by atoms with van der Waals surface area (Å²) in [6.45, 7) is 6.08. The van der Waals surface area contributed by atoms with Crippen molar-refractivity contribution in [1.82, 2.24) is 77.8 Å². The molecule has 1 aliphatic heterocycles. The van der Waals surface area contributed by atoms with E-state index in [2.05, 4.69) is 58.2 Å². The van der Waals surface area contributed by atoms with Crippen molar-refractivity contribution >= 4 is 117 Å². The highest BCUT2D eigenvalue weighted by Gasteiger charge is 2.42. The highest BCUT2D eigenvalue weighted by atomic mass is 32.2. The van der Waals surface area contributed by atoms with Crippen LogP contribution in [-0.4, -0.2) is 260 Å². The molecule has 128 heavy (non-hydrogen) atoms. The van der Waals surface area contributed by atoms with Crippen molar-refractivity contribution in [3.8, 4) is 11.5 Å². The Bertz CT molecular complexity index is 5030. The van der Waals surface area contributed by atoms with E-state index in [1.54, 1.807) is 149 Å². The summed E-state index contributed by atoms with van der Waals surface area (Å²) < 4.78 is 0. The van der Waals surface area contributed by atoms with Crippen LogP contribution < -0.4 is 58.9 Å². The van der Waals surface area contributed by atoms with Crippen LogP contribution in [-0.2, 0) is 115 Å². The second-order valence-electron chi connectivity index (χ2n) is 32.6. The lowest BCUT2D eigenvalue weighted by atomic mass is 9.98. The van der Waals surface area contributed by atoms with Crippen molar-refractivity contribution in [3.05, 3.63) is 203 Å². The van der Waals surface area contributed by atoms with Crippen molar-refractivity contribution < 1.29 is 92.0 Å². The Balaban J connectivity index is 1.20. The summed E-state index contributed by atoms with van der Waals surface area (Å²) in [5, 5.41) is 57.9. The highest BCUT2D eigenvalue weighted by Crippen LogP contribution is 2.24. The number of H-pyrrole nitrogens is 1. The number of rotatable bonds is 23. The standard InChI is InChI=1S/C92H116N16O19S/c1-10-11-31-73-87(122)96-50-77(112)97-69(47-80(115)116)86(121)104-81(55(4)5)92(127)107(8)74(44-57-25-17-13-18-26-57)88(123)102-70(43-60-34-38-63(110)39-35-60)89(124)105(6)51-78(113)98-68(46-61-48-94-65-30-22-21-29-64(61)65)85(120)101-67(41-59-32-36-62(109)37-33-59)84(119)100-66(40-54(2)3)83(118)103-72(82(117)95-49-76(93)111)52-128-53-79(114)99-71(42-56-23-15-12-16-24-56)90(125)108(9)75(91(126)106(73)7)45-58-27-19-14-20-28-58/h12-30,32-39,48,54-55,66-75,81,94,109-110H,10-11,31,40-47,49-53H2,1-9H3,(H2,93,111)(H,95,117)(H,96,122)(H,97,112)(H,98,113)(H,99,114)(H,100,119)(H,101,120)(H,102,123)(H,103,118)(H,104,121)(H,115,116)/t66-,67-,68-,69-,70-,71-,72-,73-,74-,75-,81-/m0/s1. The summed E-state index contributed by atoms with van der Waals surface area (Å²) in [6.07, 6.45) is 0.0624. The Hall–Kier alpha value is -13.7. The fraction of sp³-hybridized carbons (Fsp3) is 0.413. The normalized spacial score (nSPS) is 21.9. The van der Waals surface area contributed by atoms with E-state index in [1.807, 2.05) is 6.92 Å². The van der Waals surface area contributed by atoms with Gasteiger partial charge in [0.25, 0.3) is 0 Å². The molecule has 0 bridgehead atoms. The summed E-state index contributed by atoms with van der Waals surface area (Å²) in [5.41, 5.74) is 9.10. The number of hydrogen-bond donors (Lipinski definition) is 15. The van der Waals surface area contributed by atoms with Crippen LogP contribution in [0.1, 0.15) is 100 Å². The smallest absolute Gasteiger partial charge is 0.305 e. The zero-order valence-electron chi connectivity index (χ0n) is 73.1. The van der Waals surface area contributed by atoms with E-state index in [4.69, 9.17) is 5.73 Å². The van der Waals surface area contributed by atoms with Crippen LogP contribution >= 0.6 is 11.8 Å². The number of aromatic hydroxyl groups is 2. The van der Waals surface area contributed by atoms with Gasteiger partial charge in [-0.1, -0.05) is 181 Å². The molecule has 1 aromatic heterocycles. The lowest BCUT2D eigenvalue weighted by molar-refractivity contribution is -0.149. The number of hydrogen-bond acceptors (Lipinski definition) is 19. The number of thioether (sulfide) groups is 1. The SMILES string of the molecule is CCCC[C@H]1C(=O)NCC(=O)N[C@@H](CC(=O)O)C(=O)N[C@@H](C(C)C)C(=O)N(C)[C@@H](Cc2ccccc2)C(=O)N[C@@H](Cc2ccc(O)cc2)C(=O)N(C)CC(=O)N[C@@H](Cc2c[nH]c3ccccc23)C(=O)N[C@@H](Cc2ccc(O)cc2)C(=O)N[C@@H](CC(C)C)C(=O)N[C@H](C(=O)NCC(N)=O)CSCC(=O)N[C@@H](Cc2ccccc2)C(=O)N(C)[C@@H](Cc2ccccc2)C(=O)N1C. The van der Waals surface area contributed by atoms with Gasteiger partial charge >= 0.3 is 5.97 Å². The number of nitrogens with zero attached hydrogens (tertiary/aromatic N) is 4. The molecular weight excluding hydrogens is 1670 g/mol. The number of unbranched alkanes of at least 4 members (excludes halogenated alkanes) is 1. The number of fused-ring (bicyclic) bond motifs is 1. The number of carboxylic acid groups (broad SMARTS) is 1. The van der Waals surface area contributed by atoms with Crippen LogP contribution in [0.2, 0.25) is 0 Å². The Morgan fingerprint density at radius 2 is 0.945 bits per heavy atom. The molecule has 6 aromatic carbocycles. The number of nitrogens with two attached hydrogens (primary N) is 1. The minimum absolute atomic E-state index is 0.0187. The highest BCUT2D eigenvalue weighted by molar-refractivity contribution is 8.00. The summed E-state index contributed by atoms with van der Waals surface area (Å²) in [7, 11) is 5.24. The van der Waals surface area contributed by atoms with E-state index in [-0.39, 0.29) is 74.5 Å². The molecule has 0 radical (unpaired) electrons. The van der Waals surface area contributed by atoms with E-state index in [9.17, 15) is 58.5 Å². The quantitative estimate of drug-likeness (QED) is 0.0435. The number of carbonyl (C=O) groups is 16. The molecular formula is C92H116N16O19S. The number of para-hydroxylation sites is 1. The number of amides is 15. The number of aromatic nitrogens is 1. The molecule has 2 heterocycles. The molecule has 16 N–H and O–H groups in total. The molecule has 35 nitrogen and oxygen atoms in total. The number of carbonyl (C=O) groups excluding carboxylic acids is 15. The molecule has 0 unspecified atom stereocenters. The van der Waals surface area contributed by atoms with Crippen molar-refractivity contribution in [2.45, 2.75) is 172 Å². The number of aliphatic carboxylic acids is 1. The van der Waals surface area contributed by atoms with E-state index in [1.165, 1.54) is 76.7 Å². The van der Waals surface area contributed by atoms with E-state index >= 15 is 33.6 Å². The molecule has 8 rings (SSSR count). The molecule has 0 aliphatic carbocycles. The maximum absolute atomic E-state index is 15.4. The number of phenolic OH excluding ortho intramolecular Hbond substituents is 2. The molecule has 1 saturated heterocycles. The van der Waals surface area contributed by atoms with Crippen molar-refractivity contribution in [2.75, 3.05) is 59.3 Å². The topological polar surface area (TPSA) is 509 Å². The molecule has 1 fully saturated rings. The number of primary amides is 1. The summed E-state index contributed by atoms with van der Waals surface area (Å²) in [6, 6.07) is 27.2. The third kappa shape index (κ3) is 30.3. The molecule has 0 saturated carbocycles. The van der Waals surface area contributed by atoms with Crippen LogP contribution in [0.15, 0.2) is 170 Å². The Labute approximate surface area is 746 Å². The summed E-state index contributed by atoms with van der Waals surface area (Å²) in [5.74, 6) is -17.6. The number of benzene rings is 6. The average molecular weight is 1780 g/mol. The van der Waals surface area contributed by atoms with E-state index in [0.29, 0.717) is 57.1 Å². The first-order valence-corrected chi connectivity index (χ1v) is 43.4. The van der Waals surface area contributed by atoms with Gasteiger partial charge in [0, 0.05) is 89.6 Å². The largest absolute Gasteiger partial charge is 0.508 e. The van der Waals surface area contributed by atoms with Gasteiger partial charge in [-0.2, -0.15) is 0 Å². The predicted molar refractivity (Wildman–Crippen MR) is 477 cm³/mol. The van der Waals surface area contributed by atoms with Crippen molar-refractivity contribution in [2.24, 2.45) is 17.6 Å². The minimum Gasteiger partial charge on any atom is -0.508 e. The van der Waals surface area contributed by atoms with Crippen LogP contribution in [0.3, 0.4) is 0 Å². The molecule has 7 aromatic rings.